The molecular weight excluding hydrogens is 1600 g/mol. The summed E-state index contributed by atoms with van der Waals surface area (Å²) in [6.45, 7) is 30.6. The highest BCUT2D eigenvalue weighted by Gasteiger charge is 2.57. The summed E-state index contributed by atoms with van der Waals surface area (Å²) in [4.78, 5) is 129. The van der Waals surface area contributed by atoms with Crippen molar-refractivity contribution in [3.8, 4) is 22.9 Å². The van der Waals surface area contributed by atoms with Crippen LogP contribution < -0.4 is 0 Å². The number of aliphatic imine (C=N–C) groups is 2. The minimum absolute atomic E-state index is 0.0131. The Hall–Kier alpha value is -8.43. The number of ether oxygens (including phenoxy) is 11. The van der Waals surface area contributed by atoms with Gasteiger partial charge in [0.25, 0.3) is 0 Å². The molecule has 123 heavy (non-hydrogen) atoms. The molecule has 680 valence electrons. The normalized spacial score (nSPS) is 36.9. The van der Waals surface area contributed by atoms with Gasteiger partial charge in [-0.15, -0.1) is 0 Å². The van der Waals surface area contributed by atoms with E-state index in [1.807, 2.05) is 77.8 Å². The summed E-state index contributed by atoms with van der Waals surface area (Å²) in [6, 6.07) is 9.92. The first kappa shape index (κ1) is 98.4. The van der Waals surface area contributed by atoms with E-state index in [1.54, 1.807) is 92.0 Å². The molecule has 26 atom stereocenters. The molecule has 6 saturated heterocycles. The van der Waals surface area contributed by atoms with E-state index in [0.29, 0.717) is 58.3 Å². The highest BCUT2D eigenvalue weighted by Crippen LogP contribution is 2.44. The largest absolute Gasteiger partial charge is 0.459 e. The number of Topliss-reactive ketones (excluding diaryl/α,β-unsaturated/α-hetero) is 2. The number of likely N-dealkylation sites (N-methyl/N-ethyl adjacent to an activating group) is 2. The zero-order valence-electron chi connectivity index (χ0n) is 75.3. The number of oxime groups is 2. The van der Waals surface area contributed by atoms with Crippen LogP contribution in [0.4, 0.5) is 0 Å². The number of hydrogen-bond donors (Lipinski definition) is 3. The lowest BCUT2D eigenvalue weighted by molar-refractivity contribution is -0.298. The minimum atomic E-state index is -1.88. The molecular formula is C88H128N10O25. The van der Waals surface area contributed by atoms with Gasteiger partial charge in [-0.05, 0) is 146 Å². The van der Waals surface area contributed by atoms with E-state index in [4.69, 9.17) is 70.8 Å². The lowest BCUT2D eigenvalue weighted by Gasteiger charge is -2.48. The number of cyclic esters (lactones) is 2. The fraction of sp³-hybridized carbons (Fsp3) is 0.693. The predicted molar refractivity (Wildman–Crippen MR) is 447 cm³/mol. The molecule has 4 aromatic rings. The summed E-state index contributed by atoms with van der Waals surface area (Å²) in [6.07, 6.45) is -4.02. The van der Waals surface area contributed by atoms with Crippen molar-refractivity contribution in [1.29, 1.82) is 0 Å². The Labute approximate surface area is 719 Å². The number of esters is 3. The van der Waals surface area contributed by atoms with Crippen LogP contribution in [0.2, 0.25) is 0 Å². The van der Waals surface area contributed by atoms with Crippen LogP contribution in [0, 0.1) is 47.3 Å². The fourth-order valence-corrected chi connectivity index (χ4v) is 17.9. The van der Waals surface area contributed by atoms with Gasteiger partial charge in [-0.25, -0.2) is 9.98 Å². The second-order valence-electron chi connectivity index (χ2n) is 35.1. The molecule has 4 bridgehead atoms. The van der Waals surface area contributed by atoms with Gasteiger partial charge in [-0.1, -0.05) is 88.1 Å². The molecule has 4 aromatic heterocycles. The van der Waals surface area contributed by atoms with Gasteiger partial charge in [0.05, 0.1) is 92.7 Å². The SMILES string of the molecule is CC[C@H]1OC(=O)[C@H](C)C(=O)[C@H](C)[C@@H](O[C@@H]2O[C@H](C)C[C@H](N(C)C)[C@H]2O)[C@@]2(C)C[C@@H](C)C(=NC(C)=O)[C@H](C)[C@@H](OC/C(=N\OCc3ccc(-c4ccno4)nc3)CO2)[C@]1(C)O.CC[C@H]1OC(=O)[C@H](C)C(=O)[C@H](C)[C@@H](O[C@@H]2O[C@H](C)C[C@H](N(C)C)[C@H]2OC(C)=O)[C@@]2(C)C[C@@H](C)C(=NC(C)=O)[C@H](C)[C@@H](OC/C(=N\OCc3ccc(-c4ccno4)nc3)CO2)[C@]1(C)O. The van der Waals surface area contributed by atoms with Crippen molar-refractivity contribution in [2.24, 2.45) is 67.6 Å². The van der Waals surface area contributed by atoms with Gasteiger partial charge >= 0.3 is 17.9 Å². The summed E-state index contributed by atoms with van der Waals surface area (Å²) >= 11 is 0. The van der Waals surface area contributed by atoms with Gasteiger partial charge in [0.1, 0.15) is 77.4 Å². The first-order valence-corrected chi connectivity index (χ1v) is 42.4. The number of carbonyl (C=O) groups is 7. The second-order valence-corrected chi connectivity index (χ2v) is 35.1. The van der Waals surface area contributed by atoms with E-state index < -0.39 is 172 Å². The third-order valence-electron chi connectivity index (χ3n) is 24.4. The van der Waals surface area contributed by atoms with E-state index in [9.17, 15) is 48.9 Å². The number of aromatic nitrogens is 4. The molecule has 0 radical (unpaired) electrons. The first-order valence-electron chi connectivity index (χ1n) is 42.4. The van der Waals surface area contributed by atoms with Gasteiger partial charge < -0.3 is 95.9 Å². The van der Waals surface area contributed by atoms with Gasteiger partial charge in [0.2, 0.25) is 11.8 Å². The average Bonchev–Trinajstić information content (AvgIpc) is 1.69. The van der Waals surface area contributed by atoms with E-state index in [1.165, 1.54) is 60.9 Å². The number of ketones is 2. The quantitative estimate of drug-likeness (QED) is 0.0384. The maximum Gasteiger partial charge on any atom is 0.316 e. The summed E-state index contributed by atoms with van der Waals surface area (Å²) in [5.41, 5.74) is -2.69. The zero-order valence-corrected chi connectivity index (χ0v) is 75.3. The van der Waals surface area contributed by atoms with E-state index in [2.05, 4.69) is 40.6 Å². The third-order valence-corrected chi connectivity index (χ3v) is 24.4. The first-order chi connectivity index (χ1) is 57.9. The standard InChI is InChI=1S/C45H65N5O13.C43H63N5O12/c1-13-36-45(10,55)41-26(4)37(48-29(7)51)24(2)19-44(9,57-23-32(22-56-41)49-58-21-31-14-15-33(46-20-31)35-16-17-47-63-35)40(27(5)38(53)28(6)42(54)61-36)62-43-39(60-30(8)52)34(50(11)12)18-25(3)59-43;1-12-34-43(9,53)39-25(4)35(46-28(7)49)23(2)18-42(8,55-22-30(21-54-39)47-56-20-29-13-14-31(44-19-29)33-15-16-45-60-33)38(26(5)36(50)27(6)40(52)58-34)59-41-37(51)32(48(10)11)17-24(3)57-41/h14-17,20,24-28,34,36,39-41,43,55H,13,18-19,21-23H2,1-12H3;13-16,19,23-27,32,34,37-39,41,51,53H,12,17-18,20-22H2,1-11H3/b48-37?,49-32+;46-35?,47-30+/t24-,25-,26+,27+,28-,34+,36-,39-,40-,41-,43+,44-,45-;23-,24-,25+,26+,27-,32+,34-,37-,38-,39-,41+,42-,43-/m11/s1. The maximum atomic E-state index is 14.7. The molecule has 0 unspecified atom stereocenters. The van der Waals surface area contributed by atoms with Crippen molar-refractivity contribution in [2.45, 2.75) is 291 Å². The molecule has 10 heterocycles. The van der Waals surface area contributed by atoms with E-state index in [-0.39, 0.29) is 101 Å². The molecule has 6 aliphatic rings. The zero-order chi connectivity index (χ0) is 90.5. The van der Waals surface area contributed by atoms with Crippen molar-refractivity contribution in [2.75, 3.05) is 54.6 Å². The Morgan fingerprint density at radius 1 is 0.545 bits per heavy atom. The molecule has 6 fully saturated rings. The number of rotatable bonds is 17. The van der Waals surface area contributed by atoms with Crippen molar-refractivity contribution < 1.29 is 120 Å². The van der Waals surface area contributed by atoms with Crippen LogP contribution in [-0.4, -0.2) is 272 Å². The number of amides is 2. The average molecular weight is 1730 g/mol. The Balaban J connectivity index is 0.000000279. The summed E-state index contributed by atoms with van der Waals surface area (Å²) in [7, 11) is 7.46. The number of hydrogen-bond acceptors (Lipinski definition) is 33. The van der Waals surface area contributed by atoms with Crippen molar-refractivity contribution >= 4 is 64.1 Å². The number of pyridine rings is 2. The Bertz CT molecular complexity index is 4330. The van der Waals surface area contributed by atoms with Gasteiger partial charge in [0, 0.05) is 97.6 Å². The highest BCUT2D eigenvalue weighted by atomic mass is 16.7. The molecule has 35 nitrogen and oxygen atoms in total. The van der Waals surface area contributed by atoms with Crippen LogP contribution in [0.5, 0.6) is 0 Å². The number of carbonyl (C=O) groups excluding carboxylic acids is 7. The van der Waals surface area contributed by atoms with Crippen molar-refractivity contribution in [1.82, 2.24) is 30.1 Å². The molecule has 0 aromatic carbocycles. The molecule has 6 aliphatic heterocycles. The summed E-state index contributed by atoms with van der Waals surface area (Å²) < 4.78 is 81.6. The lowest BCUT2D eigenvalue weighted by atomic mass is 9.73. The van der Waals surface area contributed by atoms with Crippen LogP contribution in [0.3, 0.4) is 0 Å². The van der Waals surface area contributed by atoms with Crippen molar-refractivity contribution in [3.05, 3.63) is 72.3 Å². The number of nitrogens with zero attached hydrogens (tertiary/aromatic N) is 10. The summed E-state index contributed by atoms with van der Waals surface area (Å²) in [5, 5.41) is 52.9. The molecule has 0 spiro atoms. The molecule has 3 N–H and O–H groups in total. The topological polar surface area (TPSA) is 434 Å². The van der Waals surface area contributed by atoms with Gasteiger partial charge in [-0.3, -0.25) is 43.5 Å². The van der Waals surface area contributed by atoms with Crippen LogP contribution in [0.25, 0.3) is 22.9 Å². The molecule has 0 saturated carbocycles. The Morgan fingerprint density at radius 3 is 1.30 bits per heavy atom. The lowest BCUT2D eigenvalue weighted by Crippen LogP contribution is -2.60. The monoisotopic (exact) mass is 1720 g/mol. The van der Waals surface area contributed by atoms with Crippen LogP contribution in [-0.2, 0) is 109 Å². The molecule has 35 heteroatoms. The van der Waals surface area contributed by atoms with Crippen LogP contribution >= 0.6 is 0 Å². The Kier molecular flexibility index (Phi) is 34.2. The number of aliphatic hydroxyl groups excluding tert-OH is 1. The summed E-state index contributed by atoms with van der Waals surface area (Å²) in [5.74, 6) is -10.4. The molecule has 0 aliphatic carbocycles. The van der Waals surface area contributed by atoms with Crippen molar-refractivity contribution in [3.63, 3.8) is 0 Å². The van der Waals surface area contributed by atoms with Gasteiger partial charge in [-0.2, -0.15) is 0 Å². The minimum Gasteiger partial charge on any atom is -0.459 e. The van der Waals surface area contributed by atoms with Gasteiger partial charge in [0.15, 0.2) is 41.8 Å². The highest BCUT2D eigenvalue weighted by molar-refractivity contribution is 6.02. The smallest absolute Gasteiger partial charge is 0.316 e. The third kappa shape index (κ3) is 24.2. The van der Waals surface area contributed by atoms with Crippen LogP contribution in [0.15, 0.2) is 90.5 Å². The van der Waals surface area contributed by atoms with Crippen LogP contribution in [0.1, 0.15) is 181 Å². The second kappa shape index (κ2) is 42.7. The predicted octanol–water partition coefficient (Wildman–Crippen LogP) is 8.91. The number of aliphatic hydroxyl groups is 3. The Morgan fingerprint density at radius 2 is 0.943 bits per heavy atom. The fourth-order valence-electron chi connectivity index (χ4n) is 17.9. The van der Waals surface area contributed by atoms with E-state index >= 15 is 0 Å². The maximum absolute atomic E-state index is 14.7. The molecule has 2 amide bonds. The number of fused-ring (bicyclic) bond motifs is 10. The molecule has 10 rings (SSSR count). The van der Waals surface area contributed by atoms with E-state index in [0.717, 1.165) is 0 Å².